The first kappa shape index (κ1) is 17.5. The quantitative estimate of drug-likeness (QED) is 0.705. The van der Waals surface area contributed by atoms with E-state index in [9.17, 15) is 9.59 Å². The molecule has 0 aliphatic carbocycles. The third kappa shape index (κ3) is 4.09. The molecule has 1 aliphatic rings. The van der Waals surface area contributed by atoms with Gasteiger partial charge in [-0.25, -0.2) is 0 Å². The number of anilines is 1. The van der Waals surface area contributed by atoms with Crippen molar-refractivity contribution in [2.75, 3.05) is 11.9 Å². The number of aromatic amines is 1. The predicted octanol–water partition coefficient (Wildman–Crippen LogP) is 3.90. The lowest BCUT2D eigenvalue weighted by atomic mass is 10.1. The summed E-state index contributed by atoms with van der Waals surface area (Å²) in [6.07, 6.45) is 2.65. The zero-order valence-corrected chi connectivity index (χ0v) is 15.6. The molecule has 0 bridgehead atoms. The van der Waals surface area contributed by atoms with Gasteiger partial charge in [0.05, 0.1) is 10.6 Å². The third-order valence-corrected chi connectivity index (χ3v) is 5.48. The number of benzene rings is 1. The van der Waals surface area contributed by atoms with Crippen LogP contribution in [0.5, 0.6) is 0 Å². The summed E-state index contributed by atoms with van der Waals surface area (Å²) in [5.74, 6) is -0.0615. The number of piperidine rings is 1. The van der Waals surface area contributed by atoms with E-state index in [1.54, 1.807) is 17.4 Å². The van der Waals surface area contributed by atoms with Crippen LogP contribution in [0.4, 0.5) is 5.69 Å². The van der Waals surface area contributed by atoms with Gasteiger partial charge < -0.3 is 10.2 Å². The van der Waals surface area contributed by atoms with Crippen molar-refractivity contribution in [2.45, 2.75) is 25.8 Å². The molecule has 1 fully saturated rings. The van der Waals surface area contributed by atoms with Crippen LogP contribution in [0.15, 0.2) is 47.8 Å². The van der Waals surface area contributed by atoms with Crippen molar-refractivity contribution in [3.63, 3.8) is 0 Å². The van der Waals surface area contributed by atoms with E-state index < -0.39 is 0 Å². The minimum atomic E-state index is -0.264. The highest BCUT2D eigenvalue weighted by Gasteiger charge is 2.18. The molecular formula is C20H20N4O2S. The van der Waals surface area contributed by atoms with E-state index in [0.29, 0.717) is 24.3 Å². The molecule has 1 aliphatic heterocycles. The summed E-state index contributed by atoms with van der Waals surface area (Å²) < 4.78 is 0. The molecule has 0 atom stereocenters. The van der Waals surface area contributed by atoms with Gasteiger partial charge in [-0.05, 0) is 48.1 Å². The molecule has 2 amide bonds. The maximum atomic E-state index is 12.5. The fraction of sp³-hybridized carbons (Fsp3) is 0.250. The number of rotatable bonds is 5. The summed E-state index contributed by atoms with van der Waals surface area (Å²) >= 11 is 1.59. The van der Waals surface area contributed by atoms with Gasteiger partial charge in [0.25, 0.3) is 5.91 Å². The van der Waals surface area contributed by atoms with Gasteiger partial charge in [0.15, 0.2) is 5.69 Å². The second-order valence-electron chi connectivity index (χ2n) is 6.57. The molecule has 2 aromatic heterocycles. The Morgan fingerprint density at radius 2 is 2.15 bits per heavy atom. The van der Waals surface area contributed by atoms with Gasteiger partial charge in [0.2, 0.25) is 5.91 Å². The molecule has 1 aromatic carbocycles. The number of aromatic nitrogens is 2. The number of H-pyrrole nitrogens is 1. The Bertz CT molecular complexity index is 949. The molecule has 0 spiro atoms. The summed E-state index contributed by atoms with van der Waals surface area (Å²) in [6.45, 7) is 1.38. The van der Waals surface area contributed by atoms with Crippen LogP contribution in [0.3, 0.4) is 0 Å². The van der Waals surface area contributed by atoms with E-state index in [-0.39, 0.29) is 11.8 Å². The van der Waals surface area contributed by atoms with Gasteiger partial charge in [0, 0.05) is 25.2 Å². The minimum absolute atomic E-state index is 0.202. The van der Waals surface area contributed by atoms with Gasteiger partial charge in [0.1, 0.15) is 0 Å². The Labute approximate surface area is 161 Å². The highest BCUT2D eigenvalue weighted by atomic mass is 32.1. The number of hydrogen-bond acceptors (Lipinski definition) is 4. The van der Waals surface area contributed by atoms with Crippen LogP contribution < -0.4 is 5.32 Å². The molecule has 7 heteroatoms. The van der Waals surface area contributed by atoms with Crippen molar-refractivity contribution < 1.29 is 9.59 Å². The molecule has 6 nitrogen and oxygen atoms in total. The van der Waals surface area contributed by atoms with Gasteiger partial charge in [-0.1, -0.05) is 18.2 Å². The number of carbonyl (C=O) groups excluding carboxylic acids is 2. The number of hydrogen-bond donors (Lipinski definition) is 2. The summed E-state index contributed by atoms with van der Waals surface area (Å²) in [5.41, 5.74) is 2.87. The average Bonchev–Trinajstić information content (AvgIpc) is 3.35. The summed E-state index contributed by atoms with van der Waals surface area (Å²) in [7, 11) is 0. The summed E-state index contributed by atoms with van der Waals surface area (Å²) in [4.78, 5) is 27.4. The Hall–Kier alpha value is -2.93. The number of thiophene rings is 1. The van der Waals surface area contributed by atoms with Crippen molar-refractivity contribution in [3.05, 3.63) is 59.1 Å². The number of likely N-dealkylation sites (tertiary alicyclic amines) is 1. The molecule has 1 saturated heterocycles. The van der Waals surface area contributed by atoms with E-state index in [0.717, 1.165) is 35.5 Å². The lowest BCUT2D eigenvalue weighted by Crippen LogP contribution is -2.34. The molecular weight excluding hydrogens is 360 g/mol. The zero-order chi connectivity index (χ0) is 18.6. The Balaban J connectivity index is 1.43. The standard InChI is InChI=1S/C20H20N4O2S/c25-19-8-1-2-9-24(19)13-14-5-3-6-15(11-14)21-20(26)17-12-16(22-23-17)18-7-4-10-27-18/h3-7,10-12H,1-2,8-9,13H2,(H,21,26)(H,22,23). The lowest BCUT2D eigenvalue weighted by molar-refractivity contribution is -0.133. The molecule has 0 saturated carbocycles. The maximum absolute atomic E-state index is 12.5. The van der Waals surface area contributed by atoms with Crippen LogP contribution >= 0.6 is 11.3 Å². The zero-order valence-electron chi connectivity index (χ0n) is 14.8. The number of nitrogens with one attached hydrogen (secondary N) is 2. The van der Waals surface area contributed by atoms with Gasteiger partial charge in [-0.2, -0.15) is 5.10 Å². The van der Waals surface area contributed by atoms with Crippen molar-refractivity contribution in [1.82, 2.24) is 15.1 Å². The van der Waals surface area contributed by atoms with E-state index in [1.807, 2.05) is 46.7 Å². The first-order valence-corrected chi connectivity index (χ1v) is 9.84. The number of nitrogens with zero attached hydrogens (tertiary/aromatic N) is 2. The van der Waals surface area contributed by atoms with E-state index in [4.69, 9.17) is 0 Å². The fourth-order valence-corrected chi connectivity index (χ4v) is 3.88. The average molecular weight is 380 g/mol. The topological polar surface area (TPSA) is 78.1 Å². The van der Waals surface area contributed by atoms with Crippen LogP contribution in [-0.4, -0.2) is 33.5 Å². The highest BCUT2D eigenvalue weighted by molar-refractivity contribution is 7.13. The first-order valence-electron chi connectivity index (χ1n) is 8.96. The second-order valence-corrected chi connectivity index (χ2v) is 7.52. The van der Waals surface area contributed by atoms with Crippen LogP contribution in [0, 0.1) is 0 Å². The van der Waals surface area contributed by atoms with Crippen LogP contribution in [0.2, 0.25) is 0 Å². The number of amides is 2. The van der Waals surface area contributed by atoms with Crippen molar-refractivity contribution in [2.24, 2.45) is 0 Å². The number of carbonyl (C=O) groups is 2. The molecule has 3 aromatic rings. The molecule has 0 unspecified atom stereocenters. The van der Waals surface area contributed by atoms with E-state index in [1.165, 1.54) is 0 Å². The smallest absolute Gasteiger partial charge is 0.276 e. The molecule has 2 N–H and O–H groups in total. The maximum Gasteiger partial charge on any atom is 0.276 e. The van der Waals surface area contributed by atoms with Crippen LogP contribution in [-0.2, 0) is 11.3 Å². The third-order valence-electron chi connectivity index (χ3n) is 4.58. The first-order chi connectivity index (χ1) is 13.2. The monoisotopic (exact) mass is 380 g/mol. The predicted molar refractivity (Wildman–Crippen MR) is 106 cm³/mol. The van der Waals surface area contributed by atoms with Gasteiger partial charge in [-0.3, -0.25) is 14.7 Å². The van der Waals surface area contributed by atoms with Crippen LogP contribution in [0.25, 0.3) is 10.6 Å². The fourth-order valence-electron chi connectivity index (χ4n) is 3.19. The second kappa shape index (κ2) is 7.75. The largest absolute Gasteiger partial charge is 0.338 e. The Morgan fingerprint density at radius 1 is 1.22 bits per heavy atom. The lowest BCUT2D eigenvalue weighted by Gasteiger charge is -2.26. The Kier molecular flexibility index (Phi) is 5.02. The molecule has 3 heterocycles. The van der Waals surface area contributed by atoms with Crippen molar-refractivity contribution in [3.8, 4) is 10.6 Å². The van der Waals surface area contributed by atoms with Crippen molar-refractivity contribution in [1.29, 1.82) is 0 Å². The Morgan fingerprint density at radius 3 is 2.96 bits per heavy atom. The molecule has 138 valence electrons. The van der Waals surface area contributed by atoms with E-state index >= 15 is 0 Å². The highest BCUT2D eigenvalue weighted by Crippen LogP contribution is 2.23. The SMILES string of the molecule is O=C(Nc1cccc(CN2CCCCC2=O)c1)c1cc(-c2cccs2)[nH]n1. The normalized spacial score (nSPS) is 14.4. The van der Waals surface area contributed by atoms with Gasteiger partial charge >= 0.3 is 0 Å². The van der Waals surface area contributed by atoms with Crippen LogP contribution in [0.1, 0.15) is 35.3 Å². The van der Waals surface area contributed by atoms with Crippen molar-refractivity contribution >= 4 is 28.8 Å². The molecule has 27 heavy (non-hydrogen) atoms. The van der Waals surface area contributed by atoms with Gasteiger partial charge in [-0.15, -0.1) is 11.3 Å². The van der Waals surface area contributed by atoms with E-state index in [2.05, 4.69) is 15.5 Å². The minimum Gasteiger partial charge on any atom is -0.338 e. The summed E-state index contributed by atoms with van der Waals surface area (Å²) in [5, 5.41) is 11.9. The molecule has 4 rings (SSSR count). The molecule has 0 radical (unpaired) electrons. The summed E-state index contributed by atoms with van der Waals surface area (Å²) in [6, 6.07) is 13.3.